The summed E-state index contributed by atoms with van der Waals surface area (Å²) >= 11 is 6.18. The van der Waals surface area contributed by atoms with Gasteiger partial charge in [0.25, 0.3) is 5.69 Å². The van der Waals surface area contributed by atoms with Crippen molar-refractivity contribution in [3.05, 3.63) is 39.9 Å². The molecule has 0 saturated carbocycles. The summed E-state index contributed by atoms with van der Waals surface area (Å²) in [5.74, 6) is 0.554. The summed E-state index contributed by atoms with van der Waals surface area (Å²) in [5, 5.41) is 20.9. The number of benzene rings is 1. The van der Waals surface area contributed by atoms with Crippen molar-refractivity contribution in [1.82, 2.24) is 0 Å². The van der Waals surface area contributed by atoms with E-state index in [0.717, 1.165) is 0 Å². The van der Waals surface area contributed by atoms with Crippen LogP contribution in [0.1, 0.15) is 18.1 Å². The van der Waals surface area contributed by atoms with Gasteiger partial charge in [-0.25, -0.2) is 0 Å². The molecule has 3 atom stereocenters. The minimum Gasteiger partial charge on any atom is -0.385 e. The number of aliphatic hydroxyl groups excluding tert-OH is 1. The summed E-state index contributed by atoms with van der Waals surface area (Å²) in [6.07, 6.45) is -0.882. The summed E-state index contributed by atoms with van der Waals surface area (Å²) in [6, 6.07) is 5.09. The Morgan fingerprint density at radius 3 is 2.20 bits per heavy atom. The van der Waals surface area contributed by atoms with Crippen LogP contribution in [0, 0.1) is 10.1 Å². The summed E-state index contributed by atoms with van der Waals surface area (Å²) in [6.45, 7) is 0. The van der Waals surface area contributed by atoms with Crippen molar-refractivity contribution in [3.8, 4) is 0 Å². The van der Waals surface area contributed by atoms with Gasteiger partial charge in [-0.1, -0.05) is 11.6 Å². The van der Waals surface area contributed by atoms with Crippen LogP contribution < -0.4 is 0 Å². The molecule has 6 nitrogen and oxygen atoms in total. The van der Waals surface area contributed by atoms with Crippen molar-refractivity contribution in [2.24, 2.45) is 0 Å². The van der Waals surface area contributed by atoms with Gasteiger partial charge in [-0.15, -0.1) is 0 Å². The van der Waals surface area contributed by atoms with Crippen LogP contribution >= 0.6 is 11.6 Å². The van der Waals surface area contributed by atoms with E-state index in [1.54, 1.807) is 0 Å². The Morgan fingerprint density at radius 2 is 1.75 bits per heavy atom. The first-order chi connectivity index (χ1) is 9.37. The Balaban J connectivity index is 2.34. The first kappa shape index (κ1) is 15.6. The van der Waals surface area contributed by atoms with E-state index >= 15 is 0 Å². The topological polar surface area (TPSA) is 97.5 Å². The molecule has 1 saturated heterocycles. The molecule has 2 rings (SSSR count). The number of alkyl halides is 1. The number of hydrogen-bond acceptors (Lipinski definition) is 5. The van der Waals surface area contributed by atoms with E-state index in [0.29, 0.717) is 6.42 Å². The zero-order chi connectivity index (χ0) is 14.9. The van der Waals surface area contributed by atoms with Crippen molar-refractivity contribution < 1.29 is 18.4 Å². The second kappa shape index (κ2) is 5.88. The molecule has 1 aromatic rings. The molecule has 1 aromatic carbocycles. The van der Waals surface area contributed by atoms with Crippen LogP contribution in [0.15, 0.2) is 24.3 Å². The average Bonchev–Trinajstić information content (AvgIpc) is 2.44. The molecule has 1 N–H and O–H groups in total. The third kappa shape index (κ3) is 2.65. The van der Waals surface area contributed by atoms with Gasteiger partial charge in [0.2, 0.25) is 3.54 Å². The second-order valence-corrected chi connectivity index (χ2v) is 9.08. The number of nitro groups is 1. The Labute approximate surface area is 125 Å². The lowest BCUT2D eigenvalue weighted by Crippen LogP contribution is -2.45. The van der Waals surface area contributed by atoms with E-state index < -0.39 is 36.2 Å². The first-order valence-corrected chi connectivity index (χ1v) is 8.77. The highest BCUT2D eigenvalue weighted by Crippen LogP contribution is 2.41. The predicted octanol–water partition coefficient (Wildman–Crippen LogP) is 1.42. The van der Waals surface area contributed by atoms with Crippen LogP contribution in [0.4, 0.5) is 5.69 Å². The maximum Gasteiger partial charge on any atom is 0.269 e. The number of non-ortho nitro benzene ring substituents is 1. The van der Waals surface area contributed by atoms with E-state index in [9.17, 15) is 23.6 Å². The number of halogens is 1. The first-order valence-electron chi connectivity index (χ1n) is 5.75. The van der Waals surface area contributed by atoms with Gasteiger partial charge in [-0.3, -0.25) is 18.5 Å². The molecule has 0 aromatic heterocycles. The number of nitrogens with zero attached hydrogens (tertiary/aromatic N) is 1. The molecule has 0 amide bonds. The Kier molecular flexibility index (Phi) is 4.58. The van der Waals surface area contributed by atoms with E-state index in [1.165, 1.54) is 24.3 Å². The van der Waals surface area contributed by atoms with Gasteiger partial charge in [0.15, 0.2) is 0 Å². The maximum absolute atomic E-state index is 12.0. The van der Waals surface area contributed by atoms with Crippen LogP contribution in [-0.2, 0) is 21.6 Å². The minimum atomic E-state index is -1.76. The molecule has 1 fully saturated rings. The van der Waals surface area contributed by atoms with Crippen molar-refractivity contribution in [3.63, 3.8) is 0 Å². The maximum atomic E-state index is 12.0. The standard InChI is InChI=1S/C11H12ClNO5S2/c12-11(19(17)6-1-7-20(11)18)10(14)8-2-4-9(5-3-8)13(15)16/h2-5,10,14H,1,6-7H2/t10-,11?,19?,20?/m1/s1. The average molecular weight is 338 g/mol. The van der Waals surface area contributed by atoms with Crippen LogP contribution in [0.2, 0.25) is 0 Å². The molecule has 110 valence electrons. The molecule has 1 aliphatic rings. The Hall–Kier alpha value is -0.830. The van der Waals surface area contributed by atoms with Crippen molar-refractivity contribution in [2.75, 3.05) is 11.5 Å². The minimum absolute atomic E-state index is 0.129. The summed E-state index contributed by atoms with van der Waals surface area (Å²) in [4.78, 5) is 10.0. The molecule has 9 heteroatoms. The van der Waals surface area contributed by atoms with Crippen LogP contribution in [0.5, 0.6) is 0 Å². The van der Waals surface area contributed by atoms with Crippen LogP contribution in [0.3, 0.4) is 0 Å². The Morgan fingerprint density at radius 1 is 1.25 bits per heavy atom. The summed E-state index contributed by atoms with van der Waals surface area (Å²) in [5.41, 5.74) is 0.129. The zero-order valence-corrected chi connectivity index (χ0v) is 12.6. The van der Waals surface area contributed by atoms with Gasteiger partial charge in [-0.05, 0) is 24.1 Å². The number of hydrogen-bond donors (Lipinski definition) is 1. The van der Waals surface area contributed by atoms with Gasteiger partial charge in [0, 0.05) is 23.6 Å². The molecule has 1 heterocycles. The van der Waals surface area contributed by atoms with Gasteiger partial charge in [0.05, 0.1) is 26.5 Å². The normalized spacial score (nSPS) is 31.7. The monoisotopic (exact) mass is 337 g/mol. The highest BCUT2D eigenvalue weighted by Gasteiger charge is 2.50. The van der Waals surface area contributed by atoms with Gasteiger partial charge in [0.1, 0.15) is 6.10 Å². The molecule has 20 heavy (non-hydrogen) atoms. The fourth-order valence-electron chi connectivity index (χ4n) is 1.93. The fraction of sp³-hybridized carbons (Fsp3) is 0.455. The summed E-state index contributed by atoms with van der Waals surface area (Å²) in [7, 11) is -3.27. The smallest absolute Gasteiger partial charge is 0.269 e. The van der Waals surface area contributed by atoms with Gasteiger partial charge in [-0.2, -0.15) is 0 Å². The highest BCUT2D eigenvalue weighted by molar-refractivity contribution is 8.07. The lowest BCUT2D eigenvalue weighted by Gasteiger charge is -2.33. The fourth-order valence-corrected chi connectivity index (χ4v) is 6.17. The lowest BCUT2D eigenvalue weighted by atomic mass is 10.1. The predicted molar refractivity (Wildman–Crippen MR) is 77.3 cm³/mol. The largest absolute Gasteiger partial charge is 0.385 e. The van der Waals surface area contributed by atoms with Crippen molar-refractivity contribution >= 4 is 38.9 Å². The van der Waals surface area contributed by atoms with Crippen molar-refractivity contribution in [2.45, 2.75) is 16.1 Å². The second-order valence-electron chi connectivity index (χ2n) is 4.29. The van der Waals surface area contributed by atoms with Crippen LogP contribution in [0.25, 0.3) is 0 Å². The molecule has 0 aliphatic carbocycles. The number of aliphatic hydroxyl groups is 1. The van der Waals surface area contributed by atoms with E-state index in [2.05, 4.69) is 0 Å². The van der Waals surface area contributed by atoms with E-state index in [4.69, 9.17) is 11.6 Å². The van der Waals surface area contributed by atoms with E-state index in [1.807, 2.05) is 0 Å². The molecule has 1 aliphatic heterocycles. The molecular weight excluding hydrogens is 326 g/mol. The summed E-state index contributed by atoms with van der Waals surface area (Å²) < 4.78 is 22.3. The number of rotatable bonds is 3. The molecular formula is C11H12ClNO5S2. The van der Waals surface area contributed by atoms with Crippen molar-refractivity contribution in [1.29, 1.82) is 0 Å². The Bertz CT molecular complexity index is 561. The van der Waals surface area contributed by atoms with E-state index in [-0.39, 0.29) is 22.8 Å². The van der Waals surface area contributed by atoms with Crippen LogP contribution in [-0.4, -0.2) is 33.5 Å². The third-order valence-corrected chi connectivity index (χ3v) is 8.39. The molecule has 0 bridgehead atoms. The van der Waals surface area contributed by atoms with Gasteiger partial charge < -0.3 is 5.11 Å². The SMILES string of the molecule is O=[N+]([O-])c1ccc([C@@H](O)C2(Cl)S(=O)CCCS2=O)cc1. The zero-order valence-electron chi connectivity index (χ0n) is 10.2. The molecule has 2 unspecified atom stereocenters. The molecule has 0 radical (unpaired) electrons. The van der Waals surface area contributed by atoms with Gasteiger partial charge >= 0.3 is 0 Å². The molecule has 0 spiro atoms. The quantitative estimate of drug-likeness (QED) is 0.511. The highest BCUT2D eigenvalue weighted by atomic mass is 35.5. The number of nitro benzene ring substituents is 1. The third-order valence-electron chi connectivity index (χ3n) is 3.03. The lowest BCUT2D eigenvalue weighted by molar-refractivity contribution is -0.384.